The van der Waals surface area contributed by atoms with E-state index in [0.717, 1.165) is 26.2 Å². The van der Waals surface area contributed by atoms with Gasteiger partial charge in [0.25, 0.3) is 0 Å². The quantitative estimate of drug-likeness (QED) is 0.817. The highest BCUT2D eigenvalue weighted by atomic mass is 32.1. The van der Waals surface area contributed by atoms with E-state index >= 15 is 0 Å². The van der Waals surface area contributed by atoms with Gasteiger partial charge < -0.3 is 14.9 Å². The molecule has 2 atom stereocenters. The van der Waals surface area contributed by atoms with Crippen LogP contribution in [0, 0.1) is 11.8 Å². The zero-order chi connectivity index (χ0) is 16.9. The topological polar surface area (TPSA) is 30.0 Å². The van der Waals surface area contributed by atoms with Crippen molar-refractivity contribution < 1.29 is 5.11 Å². The monoisotopic (exact) mass is 351 g/mol. The molecule has 1 aromatic rings. The molecule has 2 unspecified atom stereocenters. The summed E-state index contributed by atoms with van der Waals surface area (Å²) in [7, 11) is 4.24. The van der Waals surface area contributed by atoms with Gasteiger partial charge in [-0.2, -0.15) is 0 Å². The molecule has 1 aromatic heterocycles. The molecule has 4 nitrogen and oxygen atoms in total. The van der Waals surface area contributed by atoms with E-state index in [1.807, 2.05) is 11.3 Å². The molecule has 3 heterocycles. The summed E-state index contributed by atoms with van der Waals surface area (Å²) in [5.74, 6) is 1.09. The van der Waals surface area contributed by atoms with Gasteiger partial charge in [0.2, 0.25) is 0 Å². The maximum Gasteiger partial charge on any atom is 0.0475 e. The lowest BCUT2D eigenvalue weighted by Gasteiger charge is -2.30. The van der Waals surface area contributed by atoms with Crippen LogP contribution in [0.3, 0.4) is 0 Å². The number of likely N-dealkylation sites (tertiary alicyclic amines) is 2. The molecule has 0 amide bonds. The molecule has 2 aliphatic rings. The molecule has 0 aliphatic carbocycles. The molecule has 2 saturated heterocycles. The molecule has 0 bridgehead atoms. The van der Waals surface area contributed by atoms with Crippen molar-refractivity contribution in [2.75, 3.05) is 53.4 Å². The van der Waals surface area contributed by atoms with Crippen molar-refractivity contribution in [2.24, 2.45) is 11.8 Å². The average Bonchev–Trinajstić information content (AvgIpc) is 3.15. The van der Waals surface area contributed by atoms with Gasteiger partial charge in [0.1, 0.15) is 0 Å². The number of piperidine rings is 1. The van der Waals surface area contributed by atoms with E-state index in [0.29, 0.717) is 18.4 Å². The van der Waals surface area contributed by atoms with Crippen molar-refractivity contribution in [1.82, 2.24) is 14.7 Å². The molecule has 2 fully saturated rings. The first-order valence-corrected chi connectivity index (χ1v) is 10.3. The highest BCUT2D eigenvalue weighted by Crippen LogP contribution is 2.28. The van der Waals surface area contributed by atoms with Crippen LogP contribution in [0.1, 0.15) is 29.7 Å². The van der Waals surface area contributed by atoms with Crippen LogP contribution in [0.4, 0.5) is 0 Å². The van der Waals surface area contributed by atoms with Gasteiger partial charge >= 0.3 is 0 Å². The summed E-state index contributed by atoms with van der Waals surface area (Å²) in [6.45, 7) is 8.29. The highest BCUT2D eigenvalue weighted by Gasteiger charge is 2.33. The fourth-order valence-electron chi connectivity index (χ4n) is 4.23. The molecule has 0 saturated carbocycles. The summed E-state index contributed by atoms with van der Waals surface area (Å²) in [5, 5.41) is 12.1. The lowest BCUT2D eigenvalue weighted by molar-refractivity contribution is 0.149. The first-order valence-electron chi connectivity index (χ1n) is 9.40. The lowest BCUT2D eigenvalue weighted by Crippen LogP contribution is -2.37. The smallest absolute Gasteiger partial charge is 0.0475 e. The zero-order valence-corrected chi connectivity index (χ0v) is 16.1. The molecule has 5 heteroatoms. The molecule has 136 valence electrons. The van der Waals surface area contributed by atoms with Crippen molar-refractivity contribution in [3.63, 3.8) is 0 Å². The molecule has 0 aromatic carbocycles. The molecular weight excluding hydrogens is 318 g/mol. The van der Waals surface area contributed by atoms with Crippen molar-refractivity contribution >= 4 is 11.3 Å². The zero-order valence-electron chi connectivity index (χ0n) is 15.3. The largest absolute Gasteiger partial charge is 0.396 e. The number of aliphatic hydroxyl groups excluding tert-OH is 1. The Balaban J connectivity index is 1.52. The number of hydrogen-bond acceptors (Lipinski definition) is 5. The third-order valence-electron chi connectivity index (χ3n) is 5.41. The Morgan fingerprint density at radius 1 is 1.12 bits per heavy atom. The molecular formula is C19H33N3OS. The second-order valence-electron chi connectivity index (χ2n) is 7.92. The Labute approximate surface area is 151 Å². The van der Waals surface area contributed by atoms with Crippen LogP contribution in [0.2, 0.25) is 0 Å². The second-order valence-corrected chi connectivity index (χ2v) is 8.91. The summed E-state index contributed by atoms with van der Waals surface area (Å²) in [4.78, 5) is 8.86. The van der Waals surface area contributed by atoms with Gasteiger partial charge in [-0.15, -0.1) is 11.3 Å². The third kappa shape index (κ3) is 5.02. The van der Waals surface area contributed by atoms with Gasteiger partial charge in [-0.25, -0.2) is 0 Å². The molecule has 1 N–H and O–H groups in total. The van der Waals surface area contributed by atoms with Crippen molar-refractivity contribution in [3.05, 3.63) is 21.9 Å². The number of hydrogen-bond donors (Lipinski definition) is 1. The van der Waals surface area contributed by atoms with Crippen LogP contribution in [0.5, 0.6) is 0 Å². The van der Waals surface area contributed by atoms with Crippen molar-refractivity contribution in [2.45, 2.75) is 32.4 Å². The van der Waals surface area contributed by atoms with Crippen LogP contribution in [-0.2, 0) is 13.1 Å². The van der Waals surface area contributed by atoms with Crippen LogP contribution >= 0.6 is 11.3 Å². The molecule has 0 radical (unpaired) electrons. The molecule has 24 heavy (non-hydrogen) atoms. The Hall–Kier alpha value is -0.460. The van der Waals surface area contributed by atoms with Crippen LogP contribution < -0.4 is 0 Å². The average molecular weight is 352 g/mol. The number of thiophene rings is 1. The number of aliphatic hydroxyl groups is 1. The third-order valence-corrected chi connectivity index (χ3v) is 6.38. The SMILES string of the molecule is CN(C)Cc1csc(CN2CC(CO)C(CN3CCCCC3)C2)c1. The van der Waals surface area contributed by atoms with Gasteiger partial charge in [0.05, 0.1) is 0 Å². The van der Waals surface area contributed by atoms with Crippen molar-refractivity contribution in [1.29, 1.82) is 0 Å². The number of nitrogens with zero attached hydrogens (tertiary/aromatic N) is 3. The summed E-state index contributed by atoms with van der Waals surface area (Å²) in [6.07, 6.45) is 4.10. The normalized spacial score (nSPS) is 26.5. The lowest BCUT2D eigenvalue weighted by atomic mass is 9.95. The standard InChI is InChI=1S/C19H33N3OS/c1-20(2)9-16-8-19(24-15-16)13-22-11-17(18(12-22)14-23)10-21-6-4-3-5-7-21/h8,15,17-18,23H,3-7,9-14H2,1-2H3. The second kappa shape index (κ2) is 8.77. The Morgan fingerprint density at radius 2 is 1.88 bits per heavy atom. The Bertz CT molecular complexity index is 499. The highest BCUT2D eigenvalue weighted by molar-refractivity contribution is 7.10. The van der Waals surface area contributed by atoms with E-state index in [2.05, 4.69) is 40.2 Å². The summed E-state index contributed by atoms with van der Waals surface area (Å²) >= 11 is 1.88. The predicted octanol–water partition coefficient (Wildman–Crippen LogP) is 2.34. The first kappa shape index (κ1) is 18.3. The molecule has 3 rings (SSSR count). The minimum Gasteiger partial charge on any atom is -0.396 e. The van der Waals surface area contributed by atoms with E-state index in [9.17, 15) is 5.11 Å². The maximum atomic E-state index is 9.80. The maximum absolute atomic E-state index is 9.80. The Morgan fingerprint density at radius 3 is 2.58 bits per heavy atom. The minimum atomic E-state index is 0.339. The minimum absolute atomic E-state index is 0.339. The fourth-order valence-corrected chi connectivity index (χ4v) is 5.15. The van der Waals surface area contributed by atoms with Gasteiger partial charge in [0.15, 0.2) is 0 Å². The molecule has 2 aliphatic heterocycles. The van der Waals surface area contributed by atoms with Crippen LogP contribution in [0.25, 0.3) is 0 Å². The van der Waals surface area contributed by atoms with E-state index in [1.165, 1.54) is 49.3 Å². The predicted molar refractivity (Wildman–Crippen MR) is 101 cm³/mol. The van der Waals surface area contributed by atoms with E-state index in [-0.39, 0.29) is 0 Å². The Kier molecular flexibility index (Phi) is 6.70. The summed E-state index contributed by atoms with van der Waals surface area (Å²) in [6, 6.07) is 2.36. The van der Waals surface area contributed by atoms with Gasteiger partial charge in [0, 0.05) is 44.2 Å². The van der Waals surface area contributed by atoms with Gasteiger partial charge in [-0.05, 0) is 68.9 Å². The molecule has 0 spiro atoms. The van der Waals surface area contributed by atoms with E-state index in [4.69, 9.17) is 0 Å². The van der Waals surface area contributed by atoms with E-state index in [1.54, 1.807) is 0 Å². The summed E-state index contributed by atoms with van der Waals surface area (Å²) in [5.41, 5.74) is 1.42. The fraction of sp³-hybridized carbons (Fsp3) is 0.789. The number of rotatable bonds is 7. The summed E-state index contributed by atoms with van der Waals surface area (Å²) < 4.78 is 0. The van der Waals surface area contributed by atoms with Crippen LogP contribution in [-0.4, -0.2) is 73.2 Å². The van der Waals surface area contributed by atoms with Gasteiger partial charge in [-0.3, -0.25) is 4.90 Å². The van der Waals surface area contributed by atoms with E-state index < -0.39 is 0 Å². The van der Waals surface area contributed by atoms with Gasteiger partial charge in [-0.1, -0.05) is 6.42 Å². The van der Waals surface area contributed by atoms with Crippen molar-refractivity contribution in [3.8, 4) is 0 Å². The first-order chi connectivity index (χ1) is 11.6. The van der Waals surface area contributed by atoms with Crippen LogP contribution in [0.15, 0.2) is 11.4 Å².